The van der Waals surface area contributed by atoms with Gasteiger partial charge in [-0.15, -0.1) is 0 Å². The van der Waals surface area contributed by atoms with Crippen LogP contribution in [0.25, 0.3) is 0 Å². The van der Waals surface area contributed by atoms with Gasteiger partial charge in [0.2, 0.25) is 0 Å². The minimum absolute atomic E-state index is 0.175. The monoisotopic (exact) mass is 270 g/mol. The molecule has 0 spiro atoms. The van der Waals surface area contributed by atoms with E-state index in [1.165, 1.54) is 12.1 Å². The topological polar surface area (TPSA) is 46.3 Å². The van der Waals surface area contributed by atoms with E-state index < -0.39 is 5.82 Å². The third-order valence-electron chi connectivity index (χ3n) is 3.74. The number of anilines is 2. The summed E-state index contributed by atoms with van der Waals surface area (Å²) in [6.45, 7) is 2.39. The van der Waals surface area contributed by atoms with E-state index in [2.05, 4.69) is 0 Å². The molecule has 0 radical (unpaired) electrons. The SMILES string of the molecule is Cc1ccc(F)cc1C(=O)N1CCc2c(N)cccc21. The van der Waals surface area contributed by atoms with Crippen molar-refractivity contribution in [3.8, 4) is 0 Å². The number of nitrogens with zero attached hydrogens (tertiary/aromatic N) is 1. The lowest BCUT2D eigenvalue weighted by atomic mass is 10.1. The molecule has 2 N–H and O–H groups in total. The summed E-state index contributed by atoms with van der Waals surface area (Å²) in [5.41, 5.74) is 9.63. The van der Waals surface area contributed by atoms with Crippen LogP contribution in [0.1, 0.15) is 21.5 Å². The van der Waals surface area contributed by atoms with Gasteiger partial charge in [0.1, 0.15) is 5.82 Å². The molecule has 1 heterocycles. The number of hydrogen-bond acceptors (Lipinski definition) is 2. The quantitative estimate of drug-likeness (QED) is 0.810. The number of aryl methyl sites for hydroxylation is 1. The van der Waals surface area contributed by atoms with Crippen LogP contribution in [0, 0.1) is 12.7 Å². The second kappa shape index (κ2) is 4.63. The number of amides is 1. The first-order valence-corrected chi connectivity index (χ1v) is 6.53. The van der Waals surface area contributed by atoms with Crippen molar-refractivity contribution in [1.82, 2.24) is 0 Å². The lowest BCUT2D eigenvalue weighted by molar-refractivity contribution is 0.0988. The minimum Gasteiger partial charge on any atom is -0.398 e. The molecular weight excluding hydrogens is 255 g/mol. The predicted molar refractivity (Wildman–Crippen MR) is 77.4 cm³/mol. The highest BCUT2D eigenvalue weighted by atomic mass is 19.1. The Labute approximate surface area is 116 Å². The van der Waals surface area contributed by atoms with Gasteiger partial charge in [-0.1, -0.05) is 12.1 Å². The van der Waals surface area contributed by atoms with Gasteiger partial charge in [-0.25, -0.2) is 4.39 Å². The maximum atomic E-state index is 13.4. The summed E-state index contributed by atoms with van der Waals surface area (Å²) in [7, 11) is 0. The van der Waals surface area contributed by atoms with E-state index in [4.69, 9.17) is 5.73 Å². The normalized spacial score (nSPS) is 13.4. The van der Waals surface area contributed by atoms with Crippen molar-refractivity contribution in [1.29, 1.82) is 0 Å². The molecular formula is C16H15FN2O. The molecule has 0 unspecified atom stereocenters. The fourth-order valence-corrected chi connectivity index (χ4v) is 2.64. The third-order valence-corrected chi connectivity index (χ3v) is 3.74. The summed E-state index contributed by atoms with van der Waals surface area (Å²) in [6.07, 6.45) is 0.738. The number of halogens is 1. The molecule has 0 aliphatic carbocycles. The van der Waals surface area contributed by atoms with Gasteiger partial charge >= 0.3 is 0 Å². The molecule has 2 aromatic rings. The summed E-state index contributed by atoms with van der Waals surface area (Å²) in [6, 6.07) is 9.83. The number of benzene rings is 2. The molecule has 4 heteroatoms. The van der Waals surface area contributed by atoms with Gasteiger partial charge in [0.05, 0.1) is 0 Å². The Bertz CT molecular complexity index is 697. The Morgan fingerprint density at radius 2 is 2.10 bits per heavy atom. The molecule has 2 aromatic carbocycles. The Morgan fingerprint density at radius 1 is 1.30 bits per heavy atom. The average molecular weight is 270 g/mol. The van der Waals surface area contributed by atoms with E-state index in [-0.39, 0.29) is 5.91 Å². The molecule has 0 saturated carbocycles. The fourth-order valence-electron chi connectivity index (χ4n) is 2.64. The van der Waals surface area contributed by atoms with Crippen LogP contribution in [0.15, 0.2) is 36.4 Å². The number of nitrogen functional groups attached to an aromatic ring is 1. The number of nitrogens with two attached hydrogens (primary N) is 1. The van der Waals surface area contributed by atoms with E-state index in [1.54, 1.807) is 11.0 Å². The van der Waals surface area contributed by atoms with Crippen molar-refractivity contribution in [2.75, 3.05) is 17.2 Å². The second-order valence-corrected chi connectivity index (χ2v) is 5.01. The van der Waals surface area contributed by atoms with Crippen LogP contribution >= 0.6 is 0 Å². The lowest BCUT2D eigenvalue weighted by Gasteiger charge is -2.18. The molecule has 1 aliphatic rings. The highest BCUT2D eigenvalue weighted by Gasteiger charge is 2.27. The van der Waals surface area contributed by atoms with Gasteiger partial charge < -0.3 is 10.6 Å². The van der Waals surface area contributed by atoms with Crippen molar-refractivity contribution >= 4 is 17.3 Å². The largest absolute Gasteiger partial charge is 0.398 e. The molecule has 0 bridgehead atoms. The molecule has 0 atom stereocenters. The third kappa shape index (κ3) is 1.93. The maximum Gasteiger partial charge on any atom is 0.258 e. The first kappa shape index (κ1) is 12.7. The standard InChI is InChI=1S/C16H15FN2O/c1-10-5-6-11(17)9-13(10)16(20)19-8-7-12-14(18)3-2-4-15(12)19/h2-6,9H,7-8,18H2,1H3. The first-order chi connectivity index (χ1) is 9.58. The highest BCUT2D eigenvalue weighted by Crippen LogP contribution is 2.33. The van der Waals surface area contributed by atoms with E-state index in [9.17, 15) is 9.18 Å². The summed E-state index contributed by atoms with van der Waals surface area (Å²) >= 11 is 0. The minimum atomic E-state index is -0.397. The zero-order valence-electron chi connectivity index (χ0n) is 11.2. The van der Waals surface area contributed by atoms with Crippen molar-refractivity contribution in [3.63, 3.8) is 0 Å². The maximum absolute atomic E-state index is 13.4. The highest BCUT2D eigenvalue weighted by molar-refractivity contribution is 6.08. The number of fused-ring (bicyclic) bond motifs is 1. The Morgan fingerprint density at radius 3 is 2.90 bits per heavy atom. The average Bonchev–Trinajstić information content (AvgIpc) is 2.86. The van der Waals surface area contributed by atoms with Gasteiger partial charge in [0.25, 0.3) is 5.91 Å². The van der Waals surface area contributed by atoms with Crippen molar-refractivity contribution in [2.45, 2.75) is 13.3 Å². The molecule has 3 nitrogen and oxygen atoms in total. The van der Waals surface area contributed by atoms with Crippen LogP contribution in [0.3, 0.4) is 0 Å². The summed E-state index contributed by atoms with van der Waals surface area (Å²) < 4.78 is 13.4. The predicted octanol–water partition coefficient (Wildman–Crippen LogP) is 2.92. The molecule has 1 aliphatic heterocycles. The van der Waals surface area contributed by atoms with Crippen LogP contribution in [0.2, 0.25) is 0 Å². The van der Waals surface area contributed by atoms with Gasteiger partial charge in [-0.3, -0.25) is 4.79 Å². The Hall–Kier alpha value is -2.36. The Kier molecular flexibility index (Phi) is 2.93. The number of hydrogen-bond donors (Lipinski definition) is 1. The number of rotatable bonds is 1. The zero-order valence-corrected chi connectivity index (χ0v) is 11.2. The second-order valence-electron chi connectivity index (χ2n) is 5.01. The first-order valence-electron chi connectivity index (χ1n) is 6.53. The summed E-state index contributed by atoms with van der Waals surface area (Å²) in [5, 5.41) is 0. The van der Waals surface area contributed by atoms with Crippen molar-refractivity contribution in [2.24, 2.45) is 0 Å². The van der Waals surface area contributed by atoms with E-state index in [0.29, 0.717) is 17.8 Å². The lowest BCUT2D eigenvalue weighted by Crippen LogP contribution is -2.29. The van der Waals surface area contributed by atoms with E-state index in [0.717, 1.165) is 23.2 Å². The molecule has 20 heavy (non-hydrogen) atoms. The van der Waals surface area contributed by atoms with Gasteiger partial charge in [-0.2, -0.15) is 0 Å². The molecule has 3 rings (SSSR count). The number of carbonyl (C=O) groups is 1. The Balaban J connectivity index is 2.02. The molecule has 102 valence electrons. The van der Waals surface area contributed by atoms with Gasteiger partial charge in [0, 0.05) is 29.0 Å². The van der Waals surface area contributed by atoms with Crippen LogP contribution in [0.5, 0.6) is 0 Å². The fraction of sp³-hybridized carbons (Fsp3) is 0.188. The van der Waals surface area contributed by atoms with Crippen LogP contribution in [-0.4, -0.2) is 12.5 Å². The van der Waals surface area contributed by atoms with Crippen molar-refractivity contribution in [3.05, 3.63) is 58.9 Å². The molecule has 0 saturated heterocycles. The van der Waals surface area contributed by atoms with E-state index in [1.807, 2.05) is 25.1 Å². The summed E-state index contributed by atoms with van der Waals surface area (Å²) in [5.74, 6) is -0.572. The van der Waals surface area contributed by atoms with Crippen LogP contribution in [0.4, 0.5) is 15.8 Å². The zero-order chi connectivity index (χ0) is 14.3. The molecule has 0 fully saturated rings. The van der Waals surface area contributed by atoms with Gasteiger partial charge in [-0.05, 0) is 43.2 Å². The van der Waals surface area contributed by atoms with Crippen LogP contribution < -0.4 is 10.6 Å². The van der Waals surface area contributed by atoms with Crippen molar-refractivity contribution < 1.29 is 9.18 Å². The number of carbonyl (C=O) groups excluding carboxylic acids is 1. The van der Waals surface area contributed by atoms with Gasteiger partial charge in [0.15, 0.2) is 0 Å². The smallest absolute Gasteiger partial charge is 0.258 e. The molecule has 1 amide bonds. The van der Waals surface area contributed by atoms with Crippen LogP contribution in [-0.2, 0) is 6.42 Å². The van der Waals surface area contributed by atoms with E-state index >= 15 is 0 Å². The summed E-state index contributed by atoms with van der Waals surface area (Å²) in [4.78, 5) is 14.3. The molecule has 0 aromatic heterocycles.